The third kappa shape index (κ3) is 2.33. The Hall–Kier alpha value is -0.870. The van der Waals surface area contributed by atoms with Gasteiger partial charge in [0.05, 0.1) is 5.92 Å². The molecule has 1 aliphatic heterocycles. The van der Waals surface area contributed by atoms with Gasteiger partial charge < -0.3 is 10.6 Å². The monoisotopic (exact) mass is 304 g/mol. The van der Waals surface area contributed by atoms with Gasteiger partial charge in [-0.25, -0.2) is 0 Å². The highest BCUT2D eigenvalue weighted by Crippen LogP contribution is 2.40. The molecule has 4 rings (SSSR count). The molecule has 4 heteroatoms. The Labute approximate surface area is 130 Å². The fourth-order valence-corrected chi connectivity index (χ4v) is 5.65. The molecule has 0 bridgehead atoms. The maximum atomic E-state index is 13.0. The largest absolute Gasteiger partial charge is 0.342 e. The summed E-state index contributed by atoms with van der Waals surface area (Å²) in [7, 11) is 0. The lowest BCUT2D eigenvalue weighted by atomic mass is 9.78. The number of rotatable bonds is 1. The van der Waals surface area contributed by atoms with Crippen LogP contribution in [-0.2, 0) is 11.2 Å². The Balaban J connectivity index is 1.52. The second-order valence-electron chi connectivity index (χ2n) is 7.01. The summed E-state index contributed by atoms with van der Waals surface area (Å²) < 4.78 is 0. The van der Waals surface area contributed by atoms with Gasteiger partial charge in [0.25, 0.3) is 0 Å². The normalized spacial score (nSPS) is 35.4. The standard InChI is InChI=1S/C17H24N2OS/c18-15-5-1-3-11-9-19(10-14(11)15)17(20)13-4-2-6-16-12(13)7-8-21-16/h7-8,11,13-15H,1-6,9-10,18H2. The van der Waals surface area contributed by atoms with Gasteiger partial charge in [-0.1, -0.05) is 6.42 Å². The van der Waals surface area contributed by atoms with Gasteiger partial charge in [0.15, 0.2) is 0 Å². The molecule has 114 valence electrons. The summed E-state index contributed by atoms with van der Waals surface area (Å²) in [4.78, 5) is 16.6. The van der Waals surface area contributed by atoms with Gasteiger partial charge in [0.2, 0.25) is 5.91 Å². The van der Waals surface area contributed by atoms with Crippen molar-refractivity contribution < 1.29 is 4.79 Å². The molecule has 1 amide bonds. The first kappa shape index (κ1) is 13.8. The average Bonchev–Trinajstić information content (AvgIpc) is 3.13. The van der Waals surface area contributed by atoms with E-state index in [-0.39, 0.29) is 5.92 Å². The van der Waals surface area contributed by atoms with E-state index in [1.807, 2.05) is 11.3 Å². The summed E-state index contributed by atoms with van der Waals surface area (Å²) >= 11 is 1.82. The van der Waals surface area contributed by atoms with Crippen LogP contribution < -0.4 is 5.73 Å². The first-order chi connectivity index (χ1) is 10.2. The van der Waals surface area contributed by atoms with Crippen LogP contribution in [0.1, 0.15) is 48.5 Å². The Kier molecular flexibility index (Phi) is 3.54. The smallest absolute Gasteiger partial charge is 0.230 e. The predicted molar refractivity (Wildman–Crippen MR) is 85.4 cm³/mol. The van der Waals surface area contributed by atoms with Crippen molar-refractivity contribution in [2.45, 2.75) is 50.5 Å². The van der Waals surface area contributed by atoms with E-state index < -0.39 is 0 Å². The van der Waals surface area contributed by atoms with Crippen LogP contribution in [0.5, 0.6) is 0 Å². The first-order valence-corrected chi connectivity index (χ1v) is 9.22. The molecule has 1 aromatic heterocycles. The minimum atomic E-state index is 0.122. The summed E-state index contributed by atoms with van der Waals surface area (Å²) in [6.45, 7) is 1.85. The van der Waals surface area contributed by atoms with E-state index in [9.17, 15) is 4.79 Å². The van der Waals surface area contributed by atoms with Crippen molar-refractivity contribution in [2.75, 3.05) is 13.1 Å². The van der Waals surface area contributed by atoms with Crippen LogP contribution in [0.15, 0.2) is 11.4 Å². The molecule has 21 heavy (non-hydrogen) atoms. The number of likely N-dealkylation sites (tertiary alicyclic amines) is 1. The second kappa shape index (κ2) is 5.40. The Morgan fingerprint density at radius 1 is 1.24 bits per heavy atom. The second-order valence-corrected chi connectivity index (χ2v) is 8.01. The number of nitrogens with two attached hydrogens (primary N) is 1. The Bertz CT molecular complexity index is 541. The molecule has 1 aromatic rings. The van der Waals surface area contributed by atoms with E-state index in [2.05, 4.69) is 16.3 Å². The van der Waals surface area contributed by atoms with Crippen molar-refractivity contribution in [1.82, 2.24) is 4.90 Å². The molecule has 3 aliphatic rings. The van der Waals surface area contributed by atoms with E-state index in [4.69, 9.17) is 5.73 Å². The molecule has 0 spiro atoms. The van der Waals surface area contributed by atoms with Gasteiger partial charge in [-0.3, -0.25) is 4.79 Å². The third-order valence-corrected chi connectivity index (χ3v) is 6.81. The highest BCUT2D eigenvalue weighted by Gasteiger charge is 2.42. The summed E-state index contributed by atoms with van der Waals surface area (Å²) in [6.07, 6.45) is 6.98. The number of carbonyl (C=O) groups excluding carboxylic acids is 1. The van der Waals surface area contributed by atoms with E-state index >= 15 is 0 Å². The van der Waals surface area contributed by atoms with Crippen LogP contribution in [-0.4, -0.2) is 29.9 Å². The highest BCUT2D eigenvalue weighted by atomic mass is 32.1. The molecule has 1 saturated heterocycles. The third-order valence-electron chi connectivity index (χ3n) is 5.82. The zero-order valence-electron chi connectivity index (χ0n) is 12.5. The van der Waals surface area contributed by atoms with Crippen molar-refractivity contribution in [3.8, 4) is 0 Å². The number of amides is 1. The fraction of sp³-hybridized carbons (Fsp3) is 0.706. The van der Waals surface area contributed by atoms with Crippen molar-refractivity contribution in [3.05, 3.63) is 21.9 Å². The minimum absolute atomic E-state index is 0.122. The molecule has 1 saturated carbocycles. The lowest BCUT2D eigenvalue weighted by Crippen LogP contribution is -2.39. The molecule has 2 N–H and O–H groups in total. The number of nitrogens with zero attached hydrogens (tertiary/aromatic N) is 1. The van der Waals surface area contributed by atoms with Crippen molar-refractivity contribution >= 4 is 17.2 Å². The lowest BCUT2D eigenvalue weighted by Gasteiger charge is -2.29. The summed E-state index contributed by atoms with van der Waals surface area (Å²) in [5.41, 5.74) is 7.60. The van der Waals surface area contributed by atoms with Crippen LogP contribution in [0.3, 0.4) is 0 Å². The molecule has 4 atom stereocenters. The molecular formula is C17H24N2OS. The fourth-order valence-electron chi connectivity index (χ4n) is 4.66. The van der Waals surface area contributed by atoms with E-state index in [1.165, 1.54) is 23.3 Å². The molecular weight excluding hydrogens is 280 g/mol. The zero-order chi connectivity index (χ0) is 14.4. The topological polar surface area (TPSA) is 46.3 Å². The predicted octanol–water partition coefficient (Wildman–Crippen LogP) is 2.75. The van der Waals surface area contributed by atoms with E-state index in [0.29, 0.717) is 23.8 Å². The summed E-state index contributed by atoms with van der Waals surface area (Å²) in [6, 6.07) is 2.49. The van der Waals surface area contributed by atoms with Gasteiger partial charge in [0.1, 0.15) is 0 Å². The number of hydrogen-bond acceptors (Lipinski definition) is 3. The molecule has 0 radical (unpaired) electrons. The van der Waals surface area contributed by atoms with Gasteiger partial charge in [0, 0.05) is 24.0 Å². The van der Waals surface area contributed by atoms with Gasteiger partial charge >= 0.3 is 0 Å². The first-order valence-electron chi connectivity index (χ1n) is 8.34. The maximum Gasteiger partial charge on any atom is 0.230 e. The lowest BCUT2D eigenvalue weighted by molar-refractivity contribution is -0.132. The molecule has 2 heterocycles. The van der Waals surface area contributed by atoms with Gasteiger partial charge in [-0.2, -0.15) is 0 Å². The number of aryl methyl sites for hydroxylation is 1. The van der Waals surface area contributed by atoms with E-state index in [0.717, 1.165) is 38.8 Å². The quantitative estimate of drug-likeness (QED) is 0.867. The minimum Gasteiger partial charge on any atom is -0.342 e. The summed E-state index contributed by atoms with van der Waals surface area (Å²) in [5, 5.41) is 2.15. The molecule has 3 nitrogen and oxygen atoms in total. The Morgan fingerprint density at radius 2 is 2.14 bits per heavy atom. The van der Waals surface area contributed by atoms with Crippen LogP contribution in [0.2, 0.25) is 0 Å². The number of fused-ring (bicyclic) bond motifs is 2. The van der Waals surface area contributed by atoms with Crippen LogP contribution >= 0.6 is 11.3 Å². The van der Waals surface area contributed by atoms with Crippen molar-refractivity contribution in [1.29, 1.82) is 0 Å². The zero-order valence-corrected chi connectivity index (χ0v) is 13.3. The van der Waals surface area contributed by atoms with Gasteiger partial charge in [-0.05, 0) is 60.9 Å². The number of carbonyl (C=O) groups is 1. The SMILES string of the molecule is NC1CCCC2CN(C(=O)C3CCCc4sccc43)CC12. The van der Waals surface area contributed by atoms with Crippen molar-refractivity contribution in [3.63, 3.8) is 0 Å². The molecule has 2 aliphatic carbocycles. The Morgan fingerprint density at radius 3 is 3.00 bits per heavy atom. The average molecular weight is 304 g/mol. The molecule has 0 aromatic carbocycles. The highest BCUT2D eigenvalue weighted by molar-refractivity contribution is 7.10. The van der Waals surface area contributed by atoms with Crippen molar-refractivity contribution in [2.24, 2.45) is 17.6 Å². The number of thiophene rings is 1. The summed E-state index contributed by atoms with van der Waals surface area (Å²) in [5.74, 6) is 1.70. The van der Waals surface area contributed by atoms with E-state index in [1.54, 1.807) is 0 Å². The molecule has 4 unspecified atom stereocenters. The van der Waals surface area contributed by atoms with Crippen LogP contribution in [0.4, 0.5) is 0 Å². The van der Waals surface area contributed by atoms with Crippen LogP contribution in [0.25, 0.3) is 0 Å². The van der Waals surface area contributed by atoms with Gasteiger partial charge in [-0.15, -0.1) is 11.3 Å². The maximum absolute atomic E-state index is 13.0. The van der Waals surface area contributed by atoms with Crippen LogP contribution in [0, 0.1) is 11.8 Å². The molecule has 2 fully saturated rings. The number of hydrogen-bond donors (Lipinski definition) is 1.